The molecule has 1 aliphatic heterocycles. The van der Waals surface area contributed by atoms with E-state index in [0.29, 0.717) is 17.5 Å². The second-order valence-corrected chi connectivity index (χ2v) is 6.49. The summed E-state index contributed by atoms with van der Waals surface area (Å²) >= 11 is 3.44. The zero-order chi connectivity index (χ0) is 16.4. The lowest BCUT2D eigenvalue weighted by Crippen LogP contribution is -2.05. The normalized spacial score (nSPS) is 15.9. The third-order valence-corrected chi connectivity index (χ3v) is 4.32. The van der Waals surface area contributed by atoms with E-state index in [-0.39, 0.29) is 0 Å². The fourth-order valence-corrected chi connectivity index (χ4v) is 2.75. The van der Waals surface area contributed by atoms with Crippen molar-refractivity contribution >= 4 is 33.9 Å². The number of rotatable bonds is 3. The Hall–Kier alpha value is -2.20. The van der Waals surface area contributed by atoms with Crippen LogP contribution in [-0.4, -0.2) is 11.9 Å². The second-order valence-electron chi connectivity index (χ2n) is 5.64. The van der Waals surface area contributed by atoms with Crippen LogP contribution in [0.15, 0.2) is 63.7 Å². The molecule has 0 N–H and O–H groups in total. The summed E-state index contributed by atoms with van der Waals surface area (Å²) in [5, 5.41) is 0. The van der Waals surface area contributed by atoms with Crippen molar-refractivity contribution in [1.82, 2.24) is 0 Å². The number of hydrogen-bond donors (Lipinski definition) is 0. The average molecular weight is 370 g/mol. The van der Waals surface area contributed by atoms with E-state index in [1.807, 2.05) is 36.4 Å². The van der Waals surface area contributed by atoms with Crippen molar-refractivity contribution in [3.63, 3.8) is 0 Å². The fraction of sp³-hybridized carbons (Fsp3) is 0.158. The maximum absolute atomic E-state index is 12.0. The summed E-state index contributed by atoms with van der Waals surface area (Å²) in [5.41, 5.74) is 3.27. The molecular weight excluding hydrogens is 354 g/mol. The minimum absolute atomic E-state index is 0.313. The Morgan fingerprint density at radius 1 is 1.09 bits per heavy atom. The lowest BCUT2D eigenvalue weighted by Gasteiger charge is -2.04. The molecular formula is C19H16BrNO2. The standard InChI is InChI=1S/C19H16BrNO2/c1-12(2)14-9-7-13(8-10-14)11-17-19(22)23-18(21-17)15-5-3-4-6-16(15)20/h3-12H,1-2H3/b17-11+. The van der Waals surface area contributed by atoms with Crippen LogP contribution in [0.25, 0.3) is 6.08 Å². The van der Waals surface area contributed by atoms with Gasteiger partial charge in [0.1, 0.15) is 0 Å². The minimum atomic E-state index is -0.427. The van der Waals surface area contributed by atoms with Crippen LogP contribution in [0.2, 0.25) is 0 Å². The van der Waals surface area contributed by atoms with Crippen molar-refractivity contribution in [3.05, 3.63) is 75.4 Å². The molecule has 0 amide bonds. The van der Waals surface area contributed by atoms with Gasteiger partial charge in [-0.2, -0.15) is 0 Å². The minimum Gasteiger partial charge on any atom is -0.402 e. The lowest BCUT2D eigenvalue weighted by molar-refractivity contribution is -0.129. The van der Waals surface area contributed by atoms with Crippen LogP contribution >= 0.6 is 15.9 Å². The first-order chi connectivity index (χ1) is 11.0. The van der Waals surface area contributed by atoms with Crippen LogP contribution in [0.4, 0.5) is 0 Å². The molecule has 0 fully saturated rings. The molecule has 0 unspecified atom stereocenters. The molecule has 3 nitrogen and oxygen atoms in total. The summed E-state index contributed by atoms with van der Waals surface area (Å²) in [7, 11) is 0. The molecule has 0 spiro atoms. The predicted octanol–water partition coefficient (Wildman–Crippen LogP) is 4.92. The van der Waals surface area contributed by atoms with E-state index >= 15 is 0 Å². The monoisotopic (exact) mass is 369 g/mol. The van der Waals surface area contributed by atoms with Crippen LogP contribution in [0.3, 0.4) is 0 Å². The van der Waals surface area contributed by atoms with Gasteiger partial charge < -0.3 is 4.74 Å². The number of carbonyl (C=O) groups excluding carboxylic acids is 1. The molecule has 1 aliphatic rings. The lowest BCUT2D eigenvalue weighted by atomic mass is 10.0. The van der Waals surface area contributed by atoms with Gasteiger partial charge in [0.25, 0.3) is 0 Å². The van der Waals surface area contributed by atoms with Gasteiger partial charge in [-0.15, -0.1) is 0 Å². The largest absolute Gasteiger partial charge is 0.402 e. The summed E-state index contributed by atoms with van der Waals surface area (Å²) in [5.74, 6) is 0.379. The maximum Gasteiger partial charge on any atom is 0.363 e. The van der Waals surface area contributed by atoms with Gasteiger partial charge in [-0.1, -0.05) is 50.2 Å². The number of benzene rings is 2. The second kappa shape index (κ2) is 6.50. The molecule has 2 aromatic rings. The molecule has 1 heterocycles. The first kappa shape index (κ1) is 15.7. The Morgan fingerprint density at radius 2 is 1.78 bits per heavy atom. The number of hydrogen-bond acceptors (Lipinski definition) is 3. The third kappa shape index (κ3) is 3.42. The van der Waals surface area contributed by atoms with Gasteiger partial charge in [-0.25, -0.2) is 9.79 Å². The zero-order valence-corrected chi connectivity index (χ0v) is 14.5. The van der Waals surface area contributed by atoms with E-state index in [1.165, 1.54) is 5.56 Å². The summed E-state index contributed by atoms with van der Waals surface area (Å²) in [6, 6.07) is 15.6. The van der Waals surface area contributed by atoms with Crippen LogP contribution in [0, 0.1) is 0 Å². The summed E-state index contributed by atoms with van der Waals surface area (Å²) in [6.45, 7) is 4.30. The molecule has 23 heavy (non-hydrogen) atoms. The van der Waals surface area contributed by atoms with Gasteiger partial charge in [0.05, 0.1) is 5.56 Å². The highest BCUT2D eigenvalue weighted by Gasteiger charge is 2.25. The van der Waals surface area contributed by atoms with Gasteiger partial charge >= 0.3 is 5.97 Å². The number of ether oxygens (including phenoxy) is 1. The molecule has 2 aromatic carbocycles. The molecule has 3 rings (SSSR count). The molecule has 0 saturated carbocycles. The Morgan fingerprint density at radius 3 is 2.43 bits per heavy atom. The van der Waals surface area contributed by atoms with Crippen LogP contribution < -0.4 is 0 Å². The number of halogens is 1. The molecule has 0 aliphatic carbocycles. The molecule has 0 aromatic heterocycles. The smallest absolute Gasteiger partial charge is 0.363 e. The van der Waals surface area contributed by atoms with E-state index in [1.54, 1.807) is 6.08 Å². The summed E-state index contributed by atoms with van der Waals surface area (Å²) < 4.78 is 6.13. The summed E-state index contributed by atoms with van der Waals surface area (Å²) in [6.07, 6.45) is 1.75. The van der Waals surface area contributed by atoms with Gasteiger partial charge in [-0.3, -0.25) is 0 Å². The Labute approximate surface area is 143 Å². The van der Waals surface area contributed by atoms with E-state index in [9.17, 15) is 4.79 Å². The first-order valence-electron chi connectivity index (χ1n) is 7.42. The average Bonchev–Trinajstić information content (AvgIpc) is 2.89. The van der Waals surface area contributed by atoms with Crippen molar-refractivity contribution in [3.8, 4) is 0 Å². The summed E-state index contributed by atoms with van der Waals surface area (Å²) in [4.78, 5) is 16.4. The van der Waals surface area contributed by atoms with Crippen molar-refractivity contribution in [1.29, 1.82) is 0 Å². The van der Waals surface area contributed by atoms with Crippen LogP contribution in [0.5, 0.6) is 0 Å². The Kier molecular flexibility index (Phi) is 4.44. The highest BCUT2D eigenvalue weighted by atomic mass is 79.9. The Balaban J connectivity index is 1.90. The molecule has 116 valence electrons. The van der Waals surface area contributed by atoms with Crippen molar-refractivity contribution in [2.45, 2.75) is 19.8 Å². The highest BCUT2D eigenvalue weighted by Crippen LogP contribution is 2.24. The van der Waals surface area contributed by atoms with E-state index in [2.05, 4.69) is 46.9 Å². The molecule has 0 bridgehead atoms. The van der Waals surface area contributed by atoms with E-state index in [0.717, 1.165) is 15.6 Å². The van der Waals surface area contributed by atoms with Crippen molar-refractivity contribution < 1.29 is 9.53 Å². The number of nitrogens with zero attached hydrogens (tertiary/aromatic N) is 1. The molecule has 0 radical (unpaired) electrons. The predicted molar refractivity (Wildman–Crippen MR) is 95.3 cm³/mol. The van der Waals surface area contributed by atoms with Gasteiger partial charge in [-0.05, 0) is 51.2 Å². The number of cyclic esters (lactones) is 1. The molecule has 0 saturated heterocycles. The highest BCUT2D eigenvalue weighted by molar-refractivity contribution is 9.10. The van der Waals surface area contributed by atoms with Crippen molar-refractivity contribution in [2.24, 2.45) is 4.99 Å². The number of carbonyl (C=O) groups is 1. The zero-order valence-electron chi connectivity index (χ0n) is 12.9. The SMILES string of the molecule is CC(C)c1ccc(/C=C2/N=C(c3ccccc3Br)OC2=O)cc1. The topological polar surface area (TPSA) is 38.7 Å². The molecule has 4 heteroatoms. The number of esters is 1. The maximum atomic E-state index is 12.0. The van der Waals surface area contributed by atoms with Crippen LogP contribution in [-0.2, 0) is 9.53 Å². The third-order valence-electron chi connectivity index (χ3n) is 3.63. The fourth-order valence-electron chi connectivity index (χ4n) is 2.29. The van der Waals surface area contributed by atoms with E-state index in [4.69, 9.17) is 4.74 Å². The Bertz CT molecular complexity index is 804. The molecule has 0 atom stereocenters. The van der Waals surface area contributed by atoms with Gasteiger partial charge in [0, 0.05) is 4.47 Å². The van der Waals surface area contributed by atoms with Gasteiger partial charge in [0.15, 0.2) is 5.70 Å². The van der Waals surface area contributed by atoms with Gasteiger partial charge in [0.2, 0.25) is 5.90 Å². The van der Waals surface area contributed by atoms with Crippen LogP contribution in [0.1, 0.15) is 36.5 Å². The first-order valence-corrected chi connectivity index (χ1v) is 8.21. The quantitative estimate of drug-likeness (QED) is 0.568. The van der Waals surface area contributed by atoms with E-state index < -0.39 is 5.97 Å². The number of aliphatic imine (C=N–C) groups is 1. The van der Waals surface area contributed by atoms with Crippen molar-refractivity contribution in [2.75, 3.05) is 0 Å².